The first kappa shape index (κ1) is 16.3. The summed E-state index contributed by atoms with van der Waals surface area (Å²) in [5.41, 5.74) is 1.78. The summed E-state index contributed by atoms with van der Waals surface area (Å²) in [5, 5.41) is 19.4. The van der Waals surface area contributed by atoms with Crippen molar-refractivity contribution in [1.82, 2.24) is 29.9 Å². The van der Waals surface area contributed by atoms with E-state index in [4.69, 9.17) is 0 Å². The quantitative estimate of drug-likeness (QED) is 0.755. The van der Waals surface area contributed by atoms with E-state index in [1.807, 2.05) is 29.1 Å². The average Bonchev–Trinajstić information content (AvgIpc) is 3.35. The van der Waals surface area contributed by atoms with Gasteiger partial charge in [0.05, 0.1) is 18.3 Å². The topological polar surface area (TPSA) is 92.8 Å². The van der Waals surface area contributed by atoms with Crippen LogP contribution in [0.4, 0.5) is 5.95 Å². The van der Waals surface area contributed by atoms with Crippen molar-refractivity contribution in [3.05, 3.63) is 49.2 Å². The monoisotopic (exact) mass is 363 g/mol. The van der Waals surface area contributed by atoms with Gasteiger partial charge in [-0.25, -0.2) is 14.6 Å². The first-order valence-corrected chi connectivity index (χ1v) is 9.30. The molecule has 0 aromatic carbocycles. The van der Waals surface area contributed by atoms with Crippen LogP contribution < -0.4 is 4.90 Å². The summed E-state index contributed by atoms with van der Waals surface area (Å²) in [5.74, 6) is 1.73. The zero-order valence-corrected chi connectivity index (χ0v) is 14.8. The van der Waals surface area contributed by atoms with Gasteiger partial charge >= 0.3 is 0 Å². The molecule has 8 nitrogen and oxygen atoms in total. The van der Waals surface area contributed by atoms with E-state index in [1.165, 1.54) is 0 Å². The van der Waals surface area contributed by atoms with Crippen LogP contribution in [0.1, 0.15) is 18.9 Å². The van der Waals surface area contributed by atoms with E-state index in [0.29, 0.717) is 11.8 Å². The molecular weight excluding hydrogens is 342 g/mol. The molecule has 3 aromatic rings. The summed E-state index contributed by atoms with van der Waals surface area (Å²) >= 11 is 0. The molecule has 8 heteroatoms. The lowest BCUT2D eigenvalue weighted by Gasteiger charge is -2.34. The van der Waals surface area contributed by atoms with E-state index in [1.54, 1.807) is 24.8 Å². The van der Waals surface area contributed by atoms with Gasteiger partial charge in [-0.1, -0.05) is 5.21 Å². The first-order chi connectivity index (χ1) is 13.3. The Labute approximate surface area is 156 Å². The highest BCUT2D eigenvalue weighted by Crippen LogP contribution is 2.41. The number of aliphatic hydroxyl groups is 1. The van der Waals surface area contributed by atoms with Gasteiger partial charge in [-0.3, -0.25) is 4.98 Å². The molecule has 2 aliphatic rings. The molecule has 3 aromatic heterocycles. The fraction of sp³-hybridized carbons (Fsp3) is 0.421. The van der Waals surface area contributed by atoms with Crippen LogP contribution in [0.15, 0.2) is 49.2 Å². The van der Waals surface area contributed by atoms with Crippen LogP contribution in [0.2, 0.25) is 0 Å². The number of aliphatic hydroxyl groups excluding tert-OH is 1. The number of rotatable bonds is 3. The molecule has 1 saturated heterocycles. The maximum absolute atomic E-state index is 10.8. The van der Waals surface area contributed by atoms with E-state index < -0.39 is 6.10 Å². The van der Waals surface area contributed by atoms with Crippen molar-refractivity contribution in [3.63, 3.8) is 0 Å². The van der Waals surface area contributed by atoms with Crippen molar-refractivity contribution < 1.29 is 5.11 Å². The highest BCUT2D eigenvalue weighted by molar-refractivity contribution is 5.56. The molecule has 0 unspecified atom stereocenters. The van der Waals surface area contributed by atoms with E-state index in [-0.39, 0.29) is 6.04 Å². The third-order valence-electron chi connectivity index (χ3n) is 5.77. The Morgan fingerprint density at radius 2 is 1.70 bits per heavy atom. The predicted octanol–water partition coefficient (Wildman–Crippen LogP) is 1.58. The zero-order valence-electron chi connectivity index (χ0n) is 14.8. The molecule has 1 saturated carbocycles. The minimum atomic E-state index is -0.421. The standard InChI is InChI=1S/C19H21N7O/c27-18-9-15-11-25(19-21-4-1-5-22-19)10-14(15)8-17(18)26-12-16(23-24-26)13-2-6-20-7-3-13/h1-7,12,14-15,17-18,27H,8-11H2/t14-,15+,17-,18-/m1/s1. The molecule has 5 rings (SSSR count). The van der Waals surface area contributed by atoms with Gasteiger partial charge in [0, 0.05) is 43.4 Å². The van der Waals surface area contributed by atoms with Crippen LogP contribution in [-0.4, -0.2) is 54.2 Å². The fourth-order valence-electron chi connectivity index (χ4n) is 4.40. The maximum atomic E-state index is 10.8. The second-order valence-corrected chi connectivity index (χ2v) is 7.40. The second kappa shape index (κ2) is 6.70. The van der Waals surface area contributed by atoms with Crippen LogP contribution in [0, 0.1) is 11.8 Å². The minimum absolute atomic E-state index is 0.0500. The number of aromatic nitrogens is 6. The summed E-state index contributed by atoms with van der Waals surface area (Å²) in [4.78, 5) is 15.0. The molecular formula is C19H21N7O. The van der Waals surface area contributed by atoms with Crippen LogP contribution in [0.3, 0.4) is 0 Å². The van der Waals surface area contributed by atoms with Gasteiger partial charge in [0.25, 0.3) is 0 Å². The Bertz CT molecular complexity index is 901. The average molecular weight is 363 g/mol. The highest BCUT2D eigenvalue weighted by Gasteiger charge is 2.43. The Morgan fingerprint density at radius 3 is 2.48 bits per heavy atom. The summed E-state index contributed by atoms with van der Waals surface area (Å²) < 4.78 is 1.83. The summed E-state index contributed by atoms with van der Waals surface area (Å²) in [6.07, 6.45) is 10.2. The molecule has 138 valence electrons. The number of nitrogens with zero attached hydrogens (tertiary/aromatic N) is 7. The van der Waals surface area contributed by atoms with Crippen LogP contribution >= 0.6 is 0 Å². The Balaban J connectivity index is 1.34. The van der Waals surface area contributed by atoms with Crippen molar-refractivity contribution in [1.29, 1.82) is 0 Å². The van der Waals surface area contributed by atoms with Gasteiger partial charge < -0.3 is 10.0 Å². The molecule has 0 amide bonds. The molecule has 2 fully saturated rings. The third kappa shape index (κ3) is 3.06. The molecule has 4 atom stereocenters. The van der Waals surface area contributed by atoms with Gasteiger partial charge in [-0.05, 0) is 42.9 Å². The summed E-state index contributed by atoms with van der Waals surface area (Å²) in [6, 6.07) is 5.61. The van der Waals surface area contributed by atoms with Crippen molar-refractivity contribution in [3.8, 4) is 11.3 Å². The van der Waals surface area contributed by atoms with Crippen molar-refractivity contribution in [2.45, 2.75) is 25.0 Å². The van der Waals surface area contributed by atoms with Gasteiger partial charge in [-0.15, -0.1) is 5.10 Å². The zero-order chi connectivity index (χ0) is 18.2. The molecule has 0 bridgehead atoms. The SMILES string of the molecule is O[C@@H]1C[C@H]2CN(c3ncccn3)C[C@H]2C[C@H]1n1cc(-c2ccncc2)nn1. The normalized spacial score (nSPS) is 27.5. The molecule has 1 aliphatic heterocycles. The summed E-state index contributed by atoms with van der Waals surface area (Å²) in [7, 11) is 0. The lowest BCUT2D eigenvalue weighted by molar-refractivity contribution is 0.0299. The third-order valence-corrected chi connectivity index (χ3v) is 5.77. The molecule has 4 heterocycles. The van der Waals surface area contributed by atoms with E-state index >= 15 is 0 Å². The lowest BCUT2D eigenvalue weighted by atomic mass is 9.77. The van der Waals surface area contributed by atoms with E-state index in [0.717, 1.165) is 43.1 Å². The first-order valence-electron chi connectivity index (χ1n) is 9.30. The van der Waals surface area contributed by atoms with Crippen molar-refractivity contribution in [2.24, 2.45) is 11.8 Å². The number of fused-ring (bicyclic) bond motifs is 1. The van der Waals surface area contributed by atoms with Crippen molar-refractivity contribution in [2.75, 3.05) is 18.0 Å². The minimum Gasteiger partial charge on any atom is -0.391 e. The smallest absolute Gasteiger partial charge is 0.225 e. The number of anilines is 1. The van der Waals surface area contributed by atoms with Gasteiger partial charge in [0.15, 0.2) is 0 Å². The largest absolute Gasteiger partial charge is 0.391 e. The van der Waals surface area contributed by atoms with Crippen LogP contribution in [-0.2, 0) is 0 Å². The van der Waals surface area contributed by atoms with Gasteiger partial charge in [0.1, 0.15) is 5.69 Å². The maximum Gasteiger partial charge on any atom is 0.225 e. The lowest BCUT2D eigenvalue weighted by Crippen LogP contribution is -2.36. The Kier molecular flexibility index (Phi) is 4.05. The number of hydrogen-bond donors (Lipinski definition) is 1. The van der Waals surface area contributed by atoms with Crippen LogP contribution in [0.5, 0.6) is 0 Å². The summed E-state index contributed by atoms with van der Waals surface area (Å²) in [6.45, 7) is 1.82. The highest BCUT2D eigenvalue weighted by atomic mass is 16.3. The van der Waals surface area contributed by atoms with E-state index in [9.17, 15) is 5.11 Å². The van der Waals surface area contributed by atoms with E-state index in [2.05, 4.69) is 30.2 Å². The predicted molar refractivity (Wildman–Crippen MR) is 98.8 cm³/mol. The molecule has 27 heavy (non-hydrogen) atoms. The Hall–Kier alpha value is -2.87. The Morgan fingerprint density at radius 1 is 0.963 bits per heavy atom. The van der Waals surface area contributed by atoms with Gasteiger partial charge in [-0.2, -0.15) is 0 Å². The second-order valence-electron chi connectivity index (χ2n) is 7.40. The van der Waals surface area contributed by atoms with Crippen LogP contribution in [0.25, 0.3) is 11.3 Å². The molecule has 0 spiro atoms. The fourth-order valence-corrected chi connectivity index (χ4v) is 4.40. The van der Waals surface area contributed by atoms with Crippen molar-refractivity contribution >= 4 is 5.95 Å². The molecule has 1 N–H and O–H groups in total. The molecule has 0 radical (unpaired) electrons. The number of pyridine rings is 1. The molecule has 1 aliphatic carbocycles. The number of hydrogen-bond acceptors (Lipinski definition) is 7. The van der Waals surface area contributed by atoms with Gasteiger partial charge in [0.2, 0.25) is 5.95 Å².